The molecule has 1 unspecified atom stereocenters. The summed E-state index contributed by atoms with van der Waals surface area (Å²) in [6.45, 7) is 2.49. The maximum Gasteiger partial charge on any atom is 0.293 e. The van der Waals surface area contributed by atoms with Gasteiger partial charge in [0.2, 0.25) is 5.57 Å². The van der Waals surface area contributed by atoms with E-state index >= 15 is 0 Å². The van der Waals surface area contributed by atoms with E-state index in [1.807, 2.05) is 19.1 Å². The molecule has 2 aromatic carbocycles. The van der Waals surface area contributed by atoms with Gasteiger partial charge in [-0.25, -0.2) is 4.98 Å². The zero-order valence-electron chi connectivity index (χ0n) is 11.6. The average Bonchev–Trinajstić information content (AvgIpc) is 2.86. The van der Waals surface area contributed by atoms with Gasteiger partial charge in [0.05, 0.1) is 11.0 Å². The van der Waals surface area contributed by atoms with Gasteiger partial charge in [0.15, 0.2) is 0 Å². The van der Waals surface area contributed by atoms with Crippen LogP contribution in [0.5, 0.6) is 0 Å². The normalized spacial score (nSPS) is 14.2. The Morgan fingerprint density at radius 2 is 1.95 bits per heavy atom. The molecule has 5 nitrogen and oxygen atoms in total. The van der Waals surface area contributed by atoms with E-state index in [-0.39, 0.29) is 5.57 Å². The summed E-state index contributed by atoms with van der Waals surface area (Å²) in [7, 11) is -3.73. The fraction of sp³-hybridized carbons (Fsp3) is 0.133. The Kier molecular flexibility index (Phi) is 3.32. The fourth-order valence-corrected chi connectivity index (χ4v) is 4.05. The molecular weight excluding hydrogens is 285 g/mol. The third kappa shape index (κ3) is 2.24. The van der Waals surface area contributed by atoms with Crippen LogP contribution in [0, 0.1) is 0 Å². The predicted octanol–water partition coefficient (Wildman–Crippen LogP) is 1.86. The van der Waals surface area contributed by atoms with E-state index in [9.17, 15) is 9.46 Å². The van der Waals surface area contributed by atoms with E-state index in [0.717, 1.165) is 5.52 Å². The summed E-state index contributed by atoms with van der Waals surface area (Å²) < 4.78 is 14.7. The minimum absolute atomic E-state index is 0.191. The Hall–Kier alpha value is -2.10. The molecule has 0 fully saturated rings. The molecule has 3 N–H and O–H groups in total. The summed E-state index contributed by atoms with van der Waals surface area (Å²) in [5.41, 5.74) is 7.99. The zero-order chi connectivity index (χ0) is 15.0. The van der Waals surface area contributed by atoms with Crippen molar-refractivity contribution >= 4 is 35.0 Å². The quantitative estimate of drug-likeness (QED) is 0.571. The molecule has 0 bridgehead atoms. The topological polar surface area (TPSA) is 81.1 Å². The van der Waals surface area contributed by atoms with Crippen molar-refractivity contribution < 1.29 is 9.46 Å². The molecular formula is C15H16N3O2P. The second-order valence-corrected chi connectivity index (χ2v) is 6.88. The number of rotatable bonds is 3. The second kappa shape index (κ2) is 5.02. The smallest absolute Gasteiger partial charge is 0.293 e. The molecule has 0 aliphatic rings. The highest BCUT2D eigenvalue weighted by Gasteiger charge is 2.30. The largest absolute Gasteiger partial charge is 0.399 e. The summed E-state index contributed by atoms with van der Waals surface area (Å²) in [5.74, 6) is 0. The second-order valence-electron chi connectivity index (χ2n) is 4.82. The number of fused-ring (bicyclic) bond motifs is 1. The van der Waals surface area contributed by atoms with Crippen molar-refractivity contribution in [3.05, 3.63) is 48.5 Å². The molecule has 6 heteroatoms. The highest BCUT2D eigenvalue weighted by atomic mass is 31.2. The lowest BCUT2D eigenvalue weighted by atomic mass is 10.3. The van der Waals surface area contributed by atoms with Crippen molar-refractivity contribution in [2.24, 2.45) is 0 Å². The molecule has 3 rings (SSSR count). The molecule has 1 heterocycles. The maximum atomic E-state index is 12.9. The molecule has 108 valence electrons. The molecule has 1 aromatic heterocycles. The lowest BCUT2D eigenvalue weighted by Gasteiger charge is -2.13. The number of anilines is 1. The van der Waals surface area contributed by atoms with Gasteiger partial charge < -0.3 is 15.2 Å². The number of aryl methyl sites for hydroxylation is 1. The van der Waals surface area contributed by atoms with Crippen molar-refractivity contribution in [3.8, 4) is 0 Å². The summed E-state index contributed by atoms with van der Waals surface area (Å²) in [4.78, 5) is 14.9. The summed E-state index contributed by atoms with van der Waals surface area (Å²) in [6.07, 6.45) is 0. The van der Waals surface area contributed by atoms with Crippen LogP contribution in [-0.2, 0) is 11.1 Å². The Morgan fingerprint density at radius 1 is 1.24 bits per heavy atom. The van der Waals surface area contributed by atoms with Crippen LogP contribution in [0.2, 0.25) is 0 Å². The molecule has 0 aliphatic heterocycles. The van der Waals surface area contributed by atoms with Gasteiger partial charge in [-0.3, -0.25) is 4.57 Å². The molecule has 0 saturated carbocycles. The minimum atomic E-state index is -3.73. The van der Waals surface area contributed by atoms with Crippen LogP contribution in [0.4, 0.5) is 5.69 Å². The van der Waals surface area contributed by atoms with Gasteiger partial charge in [0.25, 0.3) is 7.37 Å². The number of nitrogens with two attached hydrogens (primary N) is 1. The standard InChI is InChI=1S/C15H16N3O2P/c1-2-18-14-9-8-11(16)10-13(14)17-15(18)21(19,20)12-6-4-3-5-7-12/h3-10H,2,16H2,1H3,(H,19,20). The van der Waals surface area contributed by atoms with Crippen LogP contribution < -0.4 is 16.6 Å². The Bertz CT molecular complexity index is 843. The third-order valence-corrected chi connectivity index (χ3v) is 5.33. The lowest BCUT2D eigenvalue weighted by Crippen LogP contribution is -2.24. The third-order valence-electron chi connectivity index (χ3n) is 3.45. The van der Waals surface area contributed by atoms with Gasteiger partial charge >= 0.3 is 0 Å². The van der Waals surface area contributed by atoms with Gasteiger partial charge in [-0.1, -0.05) is 18.2 Å². The fourth-order valence-electron chi connectivity index (χ4n) is 2.42. The van der Waals surface area contributed by atoms with Crippen LogP contribution in [0.15, 0.2) is 48.5 Å². The van der Waals surface area contributed by atoms with E-state index < -0.39 is 7.37 Å². The van der Waals surface area contributed by atoms with E-state index in [2.05, 4.69) is 4.98 Å². The first-order chi connectivity index (χ1) is 10.0. The van der Waals surface area contributed by atoms with Gasteiger partial charge in [0.1, 0.15) is 0 Å². The Balaban J connectivity index is 2.27. The molecule has 0 spiro atoms. The van der Waals surface area contributed by atoms with Crippen molar-refractivity contribution in [1.29, 1.82) is 0 Å². The first-order valence-corrected chi connectivity index (χ1v) is 8.34. The first-order valence-electron chi connectivity index (χ1n) is 6.68. The minimum Gasteiger partial charge on any atom is -0.399 e. The van der Waals surface area contributed by atoms with Crippen LogP contribution >= 0.6 is 7.37 Å². The molecule has 0 amide bonds. The SMILES string of the molecule is CCn1c(P(=O)(O)c2ccccc2)nc2cc(N)ccc21. The van der Waals surface area contributed by atoms with Crippen LogP contribution in [0.3, 0.4) is 0 Å². The van der Waals surface area contributed by atoms with Gasteiger partial charge in [-0.05, 0) is 37.3 Å². The average molecular weight is 301 g/mol. The number of imidazole rings is 1. The zero-order valence-corrected chi connectivity index (χ0v) is 12.5. The van der Waals surface area contributed by atoms with Crippen molar-refractivity contribution in [1.82, 2.24) is 9.55 Å². The first kappa shape index (κ1) is 13.9. The number of nitrogen functional groups attached to an aromatic ring is 1. The molecule has 0 aliphatic carbocycles. The summed E-state index contributed by atoms with van der Waals surface area (Å²) >= 11 is 0. The highest BCUT2D eigenvalue weighted by Crippen LogP contribution is 2.38. The highest BCUT2D eigenvalue weighted by molar-refractivity contribution is 7.73. The van der Waals surface area contributed by atoms with Crippen molar-refractivity contribution in [3.63, 3.8) is 0 Å². The number of nitrogens with zero attached hydrogens (tertiary/aromatic N) is 2. The number of benzene rings is 2. The van der Waals surface area contributed by atoms with Gasteiger partial charge in [0, 0.05) is 17.5 Å². The number of hydrogen-bond acceptors (Lipinski definition) is 3. The number of hydrogen-bond donors (Lipinski definition) is 2. The lowest BCUT2D eigenvalue weighted by molar-refractivity contribution is 0.497. The predicted molar refractivity (Wildman–Crippen MR) is 85.4 cm³/mol. The Morgan fingerprint density at radius 3 is 2.62 bits per heavy atom. The van der Waals surface area contributed by atoms with E-state index in [1.54, 1.807) is 41.0 Å². The van der Waals surface area contributed by atoms with Crippen LogP contribution in [0.25, 0.3) is 11.0 Å². The number of aromatic nitrogens is 2. The van der Waals surface area contributed by atoms with Gasteiger partial charge in [-0.2, -0.15) is 0 Å². The van der Waals surface area contributed by atoms with E-state index in [1.165, 1.54) is 0 Å². The molecule has 1 atom stereocenters. The van der Waals surface area contributed by atoms with E-state index in [4.69, 9.17) is 5.73 Å². The van der Waals surface area contributed by atoms with Crippen LogP contribution in [-0.4, -0.2) is 14.4 Å². The summed E-state index contributed by atoms with van der Waals surface area (Å²) in [6, 6.07) is 13.9. The van der Waals surface area contributed by atoms with Crippen molar-refractivity contribution in [2.45, 2.75) is 13.5 Å². The monoisotopic (exact) mass is 301 g/mol. The van der Waals surface area contributed by atoms with Crippen LogP contribution in [0.1, 0.15) is 6.92 Å². The molecule has 21 heavy (non-hydrogen) atoms. The maximum absolute atomic E-state index is 12.9. The molecule has 3 aromatic rings. The van der Waals surface area contributed by atoms with E-state index in [0.29, 0.717) is 23.1 Å². The molecule has 0 saturated heterocycles. The summed E-state index contributed by atoms with van der Waals surface area (Å²) in [5, 5.41) is 0.378. The Labute approximate surface area is 122 Å². The van der Waals surface area contributed by atoms with Crippen molar-refractivity contribution in [2.75, 3.05) is 5.73 Å². The van der Waals surface area contributed by atoms with Gasteiger partial charge in [-0.15, -0.1) is 0 Å². The molecule has 0 radical (unpaired) electrons.